The van der Waals surface area contributed by atoms with Gasteiger partial charge in [0.1, 0.15) is 17.3 Å². The number of aromatic nitrogens is 1. The molecular weight excluding hydrogens is 270 g/mol. The number of nitrogens with zero attached hydrogens (tertiary/aromatic N) is 1. The van der Waals surface area contributed by atoms with Crippen molar-refractivity contribution in [3.63, 3.8) is 0 Å². The van der Waals surface area contributed by atoms with Crippen LogP contribution in [-0.2, 0) is 5.41 Å². The summed E-state index contributed by atoms with van der Waals surface area (Å²) < 4.78 is 0. The second-order valence-corrected chi connectivity index (χ2v) is 6.13. The number of pyridine rings is 1. The van der Waals surface area contributed by atoms with Crippen LogP contribution in [0, 0.1) is 11.3 Å². The van der Waals surface area contributed by atoms with Gasteiger partial charge in [-0.05, 0) is 12.1 Å². The summed E-state index contributed by atoms with van der Waals surface area (Å²) >= 11 is 6.25. The molecule has 1 heterocycles. The lowest BCUT2D eigenvalue weighted by Gasteiger charge is -2.18. The maximum Gasteiger partial charge on any atom is 0.289 e. The van der Waals surface area contributed by atoms with Gasteiger partial charge < -0.3 is 0 Å². The van der Waals surface area contributed by atoms with Gasteiger partial charge in [-0.3, -0.25) is 5.73 Å². The summed E-state index contributed by atoms with van der Waals surface area (Å²) in [6, 6.07) is 11.6. The number of benzene rings is 1. The molecule has 2 aromatic rings. The highest BCUT2D eigenvalue weighted by molar-refractivity contribution is 6.33. The van der Waals surface area contributed by atoms with E-state index in [1.807, 2.05) is 30.3 Å². The Hall–Kier alpha value is -2.05. The van der Waals surface area contributed by atoms with Crippen molar-refractivity contribution in [1.82, 2.24) is 0 Å². The third-order valence-corrected chi connectivity index (χ3v) is 3.51. The van der Waals surface area contributed by atoms with E-state index in [-0.39, 0.29) is 5.41 Å². The van der Waals surface area contributed by atoms with Gasteiger partial charge in [0.15, 0.2) is 0 Å². The number of H-pyrrole nitrogens is 1. The van der Waals surface area contributed by atoms with Crippen LogP contribution < -0.4 is 10.7 Å². The van der Waals surface area contributed by atoms with Crippen LogP contribution in [0.5, 0.6) is 0 Å². The van der Waals surface area contributed by atoms with Crippen molar-refractivity contribution in [2.24, 2.45) is 0 Å². The van der Waals surface area contributed by atoms with Crippen LogP contribution in [0.2, 0.25) is 5.02 Å². The number of anilines is 1. The van der Waals surface area contributed by atoms with Gasteiger partial charge in [0.25, 0.3) is 5.82 Å². The fraction of sp³-hybridized carbons (Fsp3) is 0.250. The lowest BCUT2D eigenvalue weighted by molar-refractivity contribution is -0.379. The van der Waals surface area contributed by atoms with Crippen LogP contribution in [0.15, 0.2) is 30.3 Å². The number of aromatic amines is 1. The number of hydrogen-bond donors (Lipinski definition) is 1. The number of nitrogen functional groups attached to an aromatic ring is 1. The third-order valence-electron chi connectivity index (χ3n) is 3.18. The molecule has 0 fully saturated rings. The molecule has 0 amide bonds. The first-order valence-electron chi connectivity index (χ1n) is 6.36. The van der Waals surface area contributed by atoms with Gasteiger partial charge in [0, 0.05) is 21.6 Å². The maximum atomic E-state index is 9.35. The van der Waals surface area contributed by atoms with Gasteiger partial charge in [-0.25, -0.2) is 4.98 Å². The van der Waals surface area contributed by atoms with Gasteiger partial charge in [-0.2, -0.15) is 5.26 Å². The largest absolute Gasteiger partial charge is 0.289 e. The van der Waals surface area contributed by atoms with Crippen LogP contribution in [0.3, 0.4) is 0 Å². The van der Waals surface area contributed by atoms with Gasteiger partial charge in [-0.1, -0.05) is 50.6 Å². The number of rotatable bonds is 1. The molecule has 4 heteroatoms. The van der Waals surface area contributed by atoms with Crippen molar-refractivity contribution in [1.29, 1.82) is 5.26 Å². The van der Waals surface area contributed by atoms with E-state index in [1.54, 1.807) is 0 Å². The summed E-state index contributed by atoms with van der Waals surface area (Å²) in [6.07, 6.45) is 0. The molecule has 0 atom stereocenters. The lowest BCUT2D eigenvalue weighted by atomic mass is 9.88. The molecule has 0 bridgehead atoms. The topological polar surface area (TPSA) is 64.0 Å². The average molecular weight is 287 g/mol. The SMILES string of the molecule is CC(C)(C)c1cc(-c2ccccc2Cl)c(C#N)c(N)[nH+]1. The molecule has 0 unspecified atom stereocenters. The fourth-order valence-corrected chi connectivity index (χ4v) is 2.26. The Kier molecular flexibility index (Phi) is 3.69. The van der Waals surface area contributed by atoms with Gasteiger partial charge >= 0.3 is 0 Å². The van der Waals surface area contributed by atoms with E-state index < -0.39 is 0 Å². The van der Waals surface area contributed by atoms with Crippen LogP contribution >= 0.6 is 11.6 Å². The molecular formula is C16H17ClN3+. The number of nitriles is 1. The van der Waals surface area contributed by atoms with Crippen molar-refractivity contribution in [3.05, 3.63) is 46.6 Å². The average Bonchev–Trinajstić information content (AvgIpc) is 2.37. The van der Waals surface area contributed by atoms with E-state index in [4.69, 9.17) is 17.3 Å². The van der Waals surface area contributed by atoms with Crippen molar-refractivity contribution in [3.8, 4) is 17.2 Å². The molecule has 3 nitrogen and oxygen atoms in total. The Morgan fingerprint density at radius 1 is 1.20 bits per heavy atom. The Labute approximate surface area is 124 Å². The number of nitrogens with two attached hydrogens (primary N) is 1. The quantitative estimate of drug-likeness (QED) is 0.871. The third kappa shape index (κ3) is 2.61. The lowest BCUT2D eigenvalue weighted by Crippen LogP contribution is -2.27. The fourth-order valence-electron chi connectivity index (χ4n) is 2.02. The van der Waals surface area contributed by atoms with Crippen molar-refractivity contribution in [2.45, 2.75) is 26.2 Å². The zero-order chi connectivity index (χ0) is 14.9. The predicted molar refractivity (Wildman–Crippen MR) is 81.3 cm³/mol. The van der Waals surface area contributed by atoms with Crippen LogP contribution in [0.25, 0.3) is 11.1 Å². The molecule has 0 radical (unpaired) electrons. The van der Waals surface area contributed by atoms with E-state index in [0.29, 0.717) is 16.4 Å². The number of halogens is 1. The highest BCUT2D eigenvalue weighted by atomic mass is 35.5. The summed E-state index contributed by atoms with van der Waals surface area (Å²) in [5.74, 6) is 0.370. The van der Waals surface area contributed by atoms with Crippen LogP contribution in [0.4, 0.5) is 5.82 Å². The summed E-state index contributed by atoms with van der Waals surface area (Å²) in [4.78, 5) is 3.11. The molecule has 20 heavy (non-hydrogen) atoms. The minimum Gasteiger partial charge on any atom is -0.286 e. The monoisotopic (exact) mass is 286 g/mol. The molecule has 0 spiro atoms. The first-order chi connectivity index (χ1) is 9.34. The Bertz CT molecular complexity index is 694. The van der Waals surface area contributed by atoms with Gasteiger partial charge in [0.05, 0.1) is 0 Å². The Balaban J connectivity index is 2.78. The predicted octanol–water partition coefficient (Wildman–Crippen LogP) is 3.57. The first-order valence-corrected chi connectivity index (χ1v) is 6.73. The second-order valence-electron chi connectivity index (χ2n) is 5.73. The Morgan fingerprint density at radius 2 is 1.85 bits per heavy atom. The van der Waals surface area contributed by atoms with Crippen LogP contribution in [-0.4, -0.2) is 0 Å². The van der Waals surface area contributed by atoms with Gasteiger partial charge in [0.2, 0.25) is 0 Å². The molecule has 1 aromatic heterocycles. The summed E-state index contributed by atoms with van der Waals surface area (Å²) in [5.41, 5.74) is 8.86. The molecule has 0 aliphatic heterocycles. The summed E-state index contributed by atoms with van der Waals surface area (Å²) in [5, 5.41) is 9.96. The zero-order valence-corrected chi connectivity index (χ0v) is 12.5. The first kappa shape index (κ1) is 14.4. The minimum atomic E-state index is -0.0991. The van der Waals surface area contributed by atoms with E-state index in [0.717, 1.165) is 16.8 Å². The highest BCUT2D eigenvalue weighted by Gasteiger charge is 2.24. The van der Waals surface area contributed by atoms with E-state index in [2.05, 4.69) is 31.8 Å². The smallest absolute Gasteiger partial charge is 0.286 e. The van der Waals surface area contributed by atoms with Gasteiger partial charge in [-0.15, -0.1) is 0 Å². The second kappa shape index (κ2) is 5.15. The molecule has 3 N–H and O–H groups in total. The van der Waals surface area contributed by atoms with E-state index in [1.165, 1.54) is 0 Å². The number of nitrogens with one attached hydrogen (secondary N) is 1. The summed E-state index contributed by atoms with van der Waals surface area (Å²) in [6.45, 7) is 6.25. The van der Waals surface area contributed by atoms with Crippen molar-refractivity contribution >= 4 is 17.4 Å². The van der Waals surface area contributed by atoms with Crippen molar-refractivity contribution < 1.29 is 4.98 Å². The Morgan fingerprint density at radius 3 is 2.40 bits per heavy atom. The molecule has 102 valence electrons. The molecule has 0 aliphatic carbocycles. The highest BCUT2D eigenvalue weighted by Crippen LogP contribution is 2.33. The minimum absolute atomic E-state index is 0.0991. The molecule has 0 saturated heterocycles. The molecule has 1 aromatic carbocycles. The van der Waals surface area contributed by atoms with E-state index in [9.17, 15) is 5.26 Å². The molecule has 0 saturated carbocycles. The van der Waals surface area contributed by atoms with Crippen LogP contribution in [0.1, 0.15) is 32.0 Å². The zero-order valence-electron chi connectivity index (χ0n) is 11.8. The maximum absolute atomic E-state index is 9.35. The number of hydrogen-bond acceptors (Lipinski definition) is 2. The van der Waals surface area contributed by atoms with Crippen molar-refractivity contribution in [2.75, 3.05) is 5.73 Å². The molecule has 2 rings (SSSR count). The normalized spacial score (nSPS) is 11.2. The summed E-state index contributed by atoms with van der Waals surface area (Å²) in [7, 11) is 0. The standard InChI is InChI=1S/C16H16ClN3/c1-16(2,3)14-8-11(12(9-18)15(19)20-14)10-6-4-5-7-13(10)17/h4-8H,1-3H3,(H2,19,20)/p+1. The van der Waals surface area contributed by atoms with E-state index >= 15 is 0 Å². The molecule has 0 aliphatic rings.